The monoisotopic (exact) mass is 276 g/mol. The fraction of sp³-hybridized carbons (Fsp3) is 0.562. The molecule has 1 aromatic rings. The molecule has 4 heteroatoms. The topological polar surface area (TPSA) is 43.8 Å². The minimum atomic E-state index is -0.357. The number of likely N-dealkylation sites (tertiary alicyclic amines) is 1. The van der Waals surface area contributed by atoms with E-state index in [0.29, 0.717) is 6.42 Å². The molecule has 1 heterocycles. The van der Waals surface area contributed by atoms with E-state index in [4.69, 9.17) is 0 Å². The zero-order chi connectivity index (χ0) is 14.7. The standard InChI is InChI=1S/C16H24N2O2/c1-12(19)11-15-5-4-10-18(15)16(20)13-6-8-14(9-7-13)17(2)3/h6-9,12,15,19H,4-5,10-11H2,1-3H3. The smallest absolute Gasteiger partial charge is 0.254 e. The van der Waals surface area contributed by atoms with Crippen molar-refractivity contribution < 1.29 is 9.90 Å². The molecule has 20 heavy (non-hydrogen) atoms. The fourth-order valence-electron chi connectivity index (χ4n) is 2.81. The molecule has 2 atom stereocenters. The zero-order valence-corrected chi connectivity index (χ0v) is 12.5. The molecular weight excluding hydrogens is 252 g/mol. The van der Waals surface area contributed by atoms with Crippen molar-refractivity contribution in [2.75, 3.05) is 25.5 Å². The highest BCUT2D eigenvalue weighted by atomic mass is 16.3. The summed E-state index contributed by atoms with van der Waals surface area (Å²) in [6.07, 6.45) is 2.33. The molecule has 0 radical (unpaired) electrons. The molecule has 2 unspecified atom stereocenters. The van der Waals surface area contributed by atoms with Crippen LogP contribution >= 0.6 is 0 Å². The summed E-state index contributed by atoms with van der Waals surface area (Å²) in [6.45, 7) is 2.58. The van der Waals surface area contributed by atoms with Crippen LogP contribution in [0.1, 0.15) is 36.5 Å². The first-order chi connectivity index (χ1) is 9.49. The van der Waals surface area contributed by atoms with Gasteiger partial charge in [-0.05, 0) is 50.5 Å². The number of benzene rings is 1. The SMILES string of the molecule is CC(O)CC1CCCN1C(=O)c1ccc(N(C)C)cc1. The number of aliphatic hydroxyl groups is 1. The molecule has 1 aliphatic heterocycles. The summed E-state index contributed by atoms with van der Waals surface area (Å²) < 4.78 is 0. The molecule has 1 aromatic carbocycles. The van der Waals surface area contributed by atoms with E-state index in [1.165, 1.54) is 0 Å². The van der Waals surface area contributed by atoms with Gasteiger partial charge in [0.25, 0.3) is 5.91 Å². The second-order valence-electron chi connectivity index (χ2n) is 5.82. The van der Waals surface area contributed by atoms with Crippen LogP contribution in [0.2, 0.25) is 0 Å². The van der Waals surface area contributed by atoms with Crippen molar-refractivity contribution in [2.24, 2.45) is 0 Å². The van der Waals surface area contributed by atoms with Crippen molar-refractivity contribution in [3.8, 4) is 0 Å². The van der Waals surface area contributed by atoms with E-state index in [1.807, 2.05) is 48.2 Å². The first-order valence-corrected chi connectivity index (χ1v) is 7.25. The second-order valence-corrected chi connectivity index (χ2v) is 5.82. The lowest BCUT2D eigenvalue weighted by Crippen LogP contribution is -2.37. The maximum atomic E-state index is 12.6. The molecule has 4 nitrogen and oxygen atoms in total. The van der Waals surface area contributed by atoms with Crippen LogP contribution in [0.5, 0.6) is 0 Å². The third-order valence-corrected chi connectivity index (χ3v) is 3.88. The van der Waals surface area contributed by atoms with Crippen molar-refractivity contribution in [2.45, 2.75) is 38.3 Å². The summed E-state index contributed by atoms with van der Waals surface area (Å²) in [5, 5.41) is 9.54. The van der Waals surface area contributed by atoms with Crippen LogP contribution < -0.4 is 4.90 Å². The first-order valence-electron chi connectivity index (χ1n) is 7.25. The highest BCUT2D eigenvalue weighted by molar-refractivity contribution is 5.95. The number of amides is 1. The Hall–Kier alpha value is -1.55. The summed E-state index contributed by atoms with van der Waals surface area (Å²) in [5.41, 5.74) is 1.82. The molecule has 1 saturated heterocycles. The molecule has 1 amide bonds. The van der Waals surface area contributed by atoms with Gasteiger partial charge in [0.2, 0.25) is 0 Å². The third kappa shape index (κ3) is 3.31. The molecule has 110 valence electrons. The van der Waals surface area contributed by atoms with Crippen LogP contribution in [0.3, 0.4) is 0 Å². The van der Waals surface area contributed by atoms with Gasteiger partial charge in [-0.2, -0.15) is 0 Å². The Labute approximate surface area is 121 Å². The van der Waals surface area contributed by atoms with E-state index in [9.17, 15) is 9.90 Å². The largest absolute Gasteiger partial charge is 0.393 e. The molecule has 1 N–H and O–H groups in total. The number of nitrogens with zero attached hydrogens (tertiary/aromatic N) is 2. The van der Waals surface area contributed by atoms with Gasteiger partial charge in [0.15, 0.2) is 0 Å². The normalized spacial score (nSPS) is 20.0. The van der Waals surface area contributed by atoms with Gasteiger partial charge in [-0.15, -0.1) is 0 Å². The third-order valence-electron chi connectivity index (χ3n) is 3.88. The van der Waals surface area contributed by atoms with E-state index in [0.717, 1.165) is 30.6 Å². The van der Waals surface area contributed by atoms with E-state index >= 15 is 0 Å². The molecule has 0 aliphatic carbocycles. The number of rotatable bonds is 4. The summed E-state index contributed by atoms with van der Waals surface area (Å²) in [6, 6.07) is 7.88. The van der Waals surface area contributed by atoms with Gasteiger partial charge in [-0.25, -0.2) is 0 Å². The maximum absolute atomic E-state index is 12.6. The molecule has 1 fully saturated rings. The van der Waals surface area contributed by atoms with Gasteiger partial charge >= 0.3 is 0 Å². The number of carbonyl (C=O) groups excluding carboxylic acids is 1. The Kier molecular flexibility index (Phi) is 4.65. The lowest BCUT2D eigenvalue weighted by atomic mass is 10.1. The van der Waals surface area contributed by atoms with Gasteiger partial charge in [0, 0.05) is 37.9 Å². The number of anilines is 1. The first kappa shape index (κ1) is 14.9. The minimum Gasteiger partial charge on any atom is -0.393 e. The van der Waals surface area contributed by atoms with Crippen LogP contribution in [-0.4, -0.2) is 48.7 Å². The number of carbonyl (C=O) groups is 1. The molecule has 2 rings (SSSR count). The van der Waals surface area contributed by atoms with Crippen molar-refractivity contribution >= 4 is 11.6 Å². The van der Waals surface area contributed by atoms with Gasteiger partial charge < -0.3 is 14.9 Å². The number of hydrogen-bond donors (Lipinski definition) is 1. The highest BCUT2D eigenvalue weighted by Gasteiger charge is 2.30. The van der Waals surface area contributed by atoms with E-state index in [2.05, 4.69) is 0 Å². The predicted molar refractivity (Wildman–Crippen MR) is 81.1 cm³/mol. The summed E-state index contributed by atoms with van der Waals surface area (Å²) in [7, 11) is 3.96. The Bertz CT molecular complexity index is 454. The minimum absolute atomic E-state index is 0.0819. The fourth-order valence-corrected chi connectivity index (χ4v) is 2.81. The van der Waals surface area contributed by atoms with Crippen LogP contribution in [0.15, 0.2) is 24.3 Å². The summed E-state index contributed by atoms with van der Waals surface area (Å²) >= 11 is 0. The van der Waals surface area contributed by atoms with Crippen LogP contribution in [0.4, 0.5) is 5.69 Å². The zero-order valence-electron chi connectivity index (χ0n) is 12.5. The molecule has 0 saturated carbocycles. The number of aliphatic hydroxyl groups excluding tert-OH is 1. The van der Waals surface area contributed by atoms with Gasteiger partial charge in [0.1, 0.15) is 0 Å². The molecular formula is C16H24N2O2. The Morgan fingerprint density at radius 2 is 2.05 bits per heavy atom. The Morgan fingerprint density at radius 3 is 2.60 bits per heavy atom. The van der Waals surface area contributed by atoms with E-state index < -0.39 is 0 Å². The molecule has 0 aromatic heterocycles. The Morgan fingerprint density at radius 1 is 1.40 bits per heavy atom. The van der Waals surface area contributed by atoms with Crippen LogP contribution in [0, 0.1) is 0 Å². The predicted octanol–water partition coefficient (Wildman–Crippen LogP) is 2.13. The second kappa shape index (κ2) is 6.27. The van der Waals surface area contributed by atoms with Gasteiger partial charge in [-0.1, -0.05) is 0 Å². The lowest BCUT2D eigenvalue weighted by molar-refractivity contribution is 0.0682. The average molecular weight is 276 g/mol. The lowest BCUT2D eigenvalue weighted by Gasteiger charge is -2.26. The molecule has 1 aliphatic rings. The van der Waals surface area contributed by atoms with Crippen LogP contribution in [-0.2, 0) is 0 Å². The van der Waals surface area contributed by atoms with Gasteiger partial charge in [0.05, 0.1) is 6.10 Å². The highest BCUT2D eigenvalue weighted by Crippen LogP contribution is 2.24. The maximum Gasteiger partial charge on any atom is 0.254 e. The van der Waals surface area contributed by atoms with Crippen molar-refractivity contribution in [1.82, 2.24) is 4.90 Å². The van der Waals surface area contributed by atoms with E-state index in [-0.39, 0.29) is 18.1 Å². The molecule has 0 bridgehead atoms. The van der Waals surface area contributed by atoms with Crippen molar-refractivity contribution in [3.63, 3.8) is 0 Å². The van der Waals surface area contributed by atoms with Gasteiger partial charge in [-0.3, -0.25) is 4.79 Å². The summed E-state index contributed by atoms with van der Waals surface area (Å²) in [5.74, 6) is 0.0819. The van der Waals surface area contributed by atoms with Crippen molar-refractivity contribution in [3.05, 3.63) is 29.8 Å². The summed E-state index contributed by atoms with van der Waals surface area (Å²) in [4.78, 5) is 16.5. The van der Waals surface area contributed by atoms with Crippen molar-refractivity contribution in [1.29, 1.82) is 0 Å². The quantitative estimate of drug-likeness (QED) is 0.916. The molecule has 0 spiro atoms. The number of hydrogen-bond acceptors (Lipinski definition) is 3. The van der Waals surface area contributed by atoms with E-state index in [1.54, 1.807) is 6.92 Å². The van der Waals surface area contributed by atoms with Crippen LogP contribution in [0.25, 0.3) is 0 Å². The average Bonchev–Trinajstić information content (AvgIpc) is 2.85. The Balaban J connectivity index is 2.09.